The standard InChI is InChI=1S/C23H30F3N3O4S2/c1-17-16-33-12-11-27(17)14-20-15-28(35(31,32)21-4-3-13-34-21)9-10-29(20)19-7-5-18(6-8-19)22(2,30)23(24,25)26/h3-8,13,17,20,30H,9-12,14-16H2,1-2H3/t17?,20?,22-/m0/s1. The number of sulfonamides is 1. The number of anilines is 1. The highest BCUT2D eigenvalue weighted by Gasteiger charge is 2.51. The molecule has 2 fully saturated rings. The Labute approximate surface area is 207 Å². The van der Waals surface area contributed by atoms with Crippen LogP contribution in [-0.4, -0.2) is 86.9 Å². The van der Waals surface area contributed by atoms with Crippen LogP contribution in [0.15, 0.2) is 46.0 Å². The molecular weight excluding hydrogens is 503 g/mol. The smallest absolute Gasteiger partial charge is 0.379 e. The van der Waals surface area contributed by atoms with Crippen LogP contribution in [-0.2, 0) is 20.4 Å². The number of ether oxygens (including phenoxy) is 1. The molecule has 1 aromatic carbocycles. The largest absolute Gasteiger partial charge is 0.421 e. The van der Waals surface area contributed by atoms with Crippen LogP contribution >= 0.6 is 11.3 Å². The Morgan fingerprint density at radius 2 is 1.86 bits per heavy atom. The maximum absolute atomic E-state index is 13.3. The van der Waals surface area contributed by atoms with Crippen molar-refractivity contribution in [3.8, 4) is 0 Å². The van der Waals surface area contributed by atoms with E-state index in [1.165, 1.54) is 27.8 Å². The normalized spacial score (nSPS) is 24.9. The highest BCUT2D eigenvalue weighted by atomic mass is 32.2. The van der Waals surface area contributed by atoms with Crippen LogP contribution in [0.3, 0.4) is 0 Å². The molecule has 2 aliphatic heterocycles. The van der Waals surface area contributed by atoms with E-state index in [4.69, 9.17) is 4.74 Å². The number of piperazine rings is 1. The van der Waals surface area contributed by atoms with Crippen molar-refractivity contribution in [2.24, 2.45) is 0 Å². The molecule has 2 aromatic rings. The van der Waals surface area contributed by atoms with Crippen molar-refractivity contribution >= 4 is 27.0 Å². The Morgan fingerprint density at radius 3 is 2.46 bits per heavy atom. The summed E-state index contributed by atoms with van der Waals surface area (Å²) in [7, 11) is -3.63. The molecule has 0 amide bonds. The number of thiophene rings is 1. The molecule has 0 saturated carbocycles. The van der Waals surface area contributed by atoms with Gasteiger partial charge in [-0.05, 0) is 43.0 Å². The van der Waals surface area contributed by atoms with Gasteiger partial charge in [0.05, 0.1) is 19.3 Å². The molecule has 2 unspecified atom stereocenters. The maximum Gasteiger partial charge on any atom is 0.421 e. The molecule has 0 bridgehead atoms. The average Bonchev–Trinajstić information content (AvgIpc) is 3.36. The SMILES string of the molecule is CC1COCCN1CC1CN(S(=O)(=O)c2cccs2)CCN1c1ccc([C@](C)(O)C(F)(F)F)cc1. The molecule has 0 radical (unpaired) electrons. The minimum Gasteiger partial charge on any atom is -0.379 e. The van der Waals surface area contributed by atoms with Crippen molar-refractivity contribution in [2.75, 3.05) is 50.8 Å². The van der Waals surface area contributed by atoms with Crippen LogP contribution in [0.4, 0.5) is 18.9 Å². The average molecular weight is 534 g/mol. The zero-order chi connectivity index (χ0) is 25.4. The summed E-state index contributed by atoms with van der Waals surface area (Å²) in [5.41, 5.74) is -2.52. The predicted molar refractivity (Wildman–Crippen MR) is 128 cm³/mol. The quantitative estimate of drug-likeness (QED) is 0.615. The van der Waals surface area contributed by atoms with E-state index in [1.54, 1.807) is 29.6 Å². The number of hydrogen-bond donors (Lipinski definition) is 1. The third kappa shape index (κ3) is 5.37. The summed E-state index contributed by atoms with van der Waals surface area (Å²) >= 11 is 1.18. The van der Waals surface area contributed by atoms with E-state index in [0.29, 0.717) is 36.2 Å². The zero-order valence-corrected chi connectivity index (χ0v) is 21.2. The van der Waals surface area contributed by atoms with E-state index in [1.807, 2.05) is 0 Å². The summed E-state index contributed by atoms with van der Waals surface area (Å²) in [5.74, 6) is 0. The van der Waals surface area contributed by atoms with Gasteiger partial charge in [0, 0.05) is 44.5 Å². The van der Waals surface area contributed by atoms with Gasteiger partial charge in [-0.15, -0.1) is 11.3 Å². The van der Waals surface area contributed by atoms with Gasteiger partial charge in [-0.3, -0.25) is 4.90 Å². The lowest BCUT2D eigenvalue weighted by Gasteiger charge is -2.45. The van der Waals surface area contributed by atoms with E-state index in [0.717, 1.165) is 13.5 Å². The molecule has 3 atom stereocenters. The molecular formula is C23H30F3N3O4S2. The first-order valence-electron chi connectivity index (χ1n) is 11.4. The van der Waals surface area contributed by atoms with E-state index in [2.05, 4.69) is 16.7 Å². The Balaban J connectivity index is 1.60. The fourth-order valence-corrected chi connectivity index (χ4v) is 7.14. The molecule has 12 heteroatoms. The summed E-state index contributed by atoms with van der Waals surface area (Å²) in [5, 5.41) is 11.7. The topological polar surface area (TPSA) is 73.3 Å². The fourth-order valence-electron chi connectivity index (χ4n) is 4.52. The monoisotopic (exact) mass is 533 g/mol. The zero-order valence-electron chi connectivity index (χ0n) is 19.6. The molecule has 35 heavy (non-hydrogen) atoms. The highest BCUT2D eigenvalue weighted by Crippen LogP contribution is 2.39. The van der Waals surface area contributed by atoms with Gasteiger partial charge in [0.2, 0.25) is 0 Å². The molecule has 1 aromatic heterocycles. The first-order chi connectivity index (χ1) is 16.4. The number of halogens is 3. The minimum absolute atomic E-state index is 0.166. The lowest BCUT2D eigenvalue weighted by molar-refractivity contribution is -0.258. The molecule has 2 aliphatic rings. The van der Waals surface area contributed by atoms with Crippen molar-refractivity contribution in [1.82, 2.24) is 9.21 Å². The molecule has 194 valence electrons. The highest BCUT2D eigenvalue weighted by molar-refractivity contribution is 7.91. The van der Waals surface area contributed by atoms with E-state index in [-0.39, 0.29) is 30.7 Å². The molecule has 3 heterocycles. The number of rotatable bonds is 6. The third-order valence-corrected chi connectivity index (χ3v) is 10.0. The molecule has 0 spiro atoms. The van der Waals surface area contributed by atoms with Crippen LogP contribution in [0.25, 0.3) is 0 Å². The lowest BCUT2D eigenvalue weighted by Crippen LogP contribution is -2.60. The van der Waals surface area contributed by atoms with Gasteiger partial charge in [-0.25, -0.2) is 8.42 Å². The van der Waals surface area contributed by atoms with Gasteiger partial charge in [0.15, 0.2) is 5.60 Å². The van der Waals surface area contributed by atoms with Gasteiger partial charge in [-0.1, -0.05) is 18.2 Å². The van der Waals surface area contributed by atoms with Crippen molar-refractivity contribution in [1.29, 1.82) is 0 Å². The first kappa shape index (κ1) is 26.4. The van der Waals surface area contributed by atoms with Crippen LogP contribution in [0.2, 0.25) is 0 Å². The predicted octanol–water partition coefficient (Wildman–Crippen LogP) is 3.12. The summed E-state index contributed by atoms with van der Waals surface area (Å²) in [6.45, 7) is 6.19. The second-order valence-corrected chi connectivity index (χ2v) is 12.3. The lowest BCUT2D eigenvalue weighted by atomic mass is 9.95. The first-order valence-corrected chi connectivity index (χ1v) is 13.7. The van der Waals surface area contributed by atoms with Crippen LogP contribution < -0.4 is 4.90 Å². The number of aliphatic hydroxyl groups is 1. The molecule has 1 N–H and O–H groups in total. The van der Waals surface area contributed by atoms with Crippen molar-refractivity contribution < 1.29 is 31.4 Å². The summed E-state index contributed by atoms with van der Waals surface area (Å²) in [4.78, 5) is 4.31. The van der Waals surface area contributed by atoms with E-state index < -0.39 is 21.8 Å². The van der Waals surface area contributed by atoms with Crippen molar-refractivity contribution in [3.05, 3.63) is 47.3 Å². The van der Waals surface area contributed by atoms with Gasteiger partial charge < -0.3 is 14.7 Å². The van der Waals surface area contributed by atoms with E-state index >= 15 is 0 Å². The molecule has 7 nitrogen and oxygen atoms in total. The summed E-state index contributed by atoms with van der Waals surface area (Å²) in [6, 6.07) is 8.95. The Bertz CT molecular complexity index is 1090. The molecule has 0 aliphatic carbocycles. The van der Waals surface area contributed by atoms with Crippen molar-refractivity contribution in [3.63, 3.8) is 0 Å². The Morgan fingerprint density at radius 1 is 1.14 bits per heavy atom. The second kappa shape index (κ2) is 9.98. The number of alkyl halides is 3. The van der Waals surface area contributed by atoms with Gasteiger partial charge in [0.1, 0.15) is 4.21 Å². The maximum atomic E-state index is 13.3. The minimum atomic E-state index is -4.80. The fraction of sp³-hybridized carbons (Fsp3) is 0.565. The van der Waals surface area contributed by atoms with Gasteiger partial charge in [-0.2, -0.15) is 17.5 Å². The van der Waals surface area contributed by atoms with Crippen LogP contribution in [0.5, 0.6) is 0 Å². The molecule has 2 saturated heterocycles. The van der Waals surface area contributed by atoms with Crippen LogP contribution in [0, 0.1) is 0 Å². The van der Waals surface area contributed by atoms with Gasteiger partial charge in [0.25, 0.3) is 10.0 Å². The van der Waals surface area contributed by atoms with E-state index in [9.17, 15) is 26.7 Å². The third-order valence-electron chi connectivity index (χ3n) is 6.80. The van der Waals surface area contributed by atoms with Gasteiger partial charge >= 0.3 is 6.18 Å². The summed E-state index contributed by atoms with van der Waals surface area (Å²) < 4.78 is 73.5. The molecule has 4 rings (SSSR count). The second-order valence-electron chi connectivity index (χ2n) is 9.18. The number of nitrogens with zero attached hydrogens (tertiary/aromatic N) is 3. The Kier molecular flexibility index (Phi) is 7.52. The van der Waals surface area contributed by atoms with Crippen molar-refractivity contribution in [2.45, 2.75) is 41.9 Å². The number of hydrogen-bond acceptors (Lipinski definition) is 7. The van der Waals surface area contributed by atoms with Crippen LogP contribution in [0.1, 0.15) is 19.4 Å². The number of benzene rings is 1. The number of morpholine rings is 1. The Hall–Kier alpha value is -1.70. The summed E-state index contributed by atoms with van der Waals surface area (Å²) in [6.07, 6.45) is -4.80.